The van der Waals surface area contributed by atoms with Crippen molar-refractivity contribution >= 4 is 17.6 Å². The molecule has 1 aliphatic heterocycles. The Bertz CT molecular complexity index is 514. The molecular formula is C12H11F3N2O2. The summed E-state index contributed by atoms with van der Waals surface area (Å²) in [5, 5.41) is 1.35. The minimum absolute atomic E-state index is 0.286. The molecule has 0 aliphatic carbocycles. The van der Waals surface area contributed by atoms with E-state index < -0.39 is 18.1 Å². The molecule has 1 aliphatic rings. The molecule has 0 radical (unpaired) electrons. The van der Waals surface area contributed by atoms with Crippen LogP contribution < -0.4 is 10.2 Å². The van der Waals surface area contributed by atoms with E-state index in [0.717, 1.165) is 16.9 Å². The average Bonchev–Trinajstić information content (AvgIpc) is 2.36. The highest BCUT2D eigenvalue weighted by atomic mass is 19.4. The number of hydrogen-bond donors (Lipinski definition) is 1. The number of para-hydroxylation sites is 1. The molecule has 1 aromatic carbocycles. The van der Waals surface area contributed by atoms with Crippen LogP contribution in [-0.2, 0) is 11.2 Å². The number of halogens is 3. The molecule has 0 saturated heterocycles. The number of urea groups is 1. The number of amides is 3. The maximum Gasteiger partial charge on any atom is 0.471 e. The maximum absolute atomic E-state index is 12.1. The highest BCUT2D eigenvalue weighted by Gasteiger charge is 2.40. The van der Waals surface area contributed by atoms with E-state index in [-0.39, 0.29) is 6.54 Å². The van der Waals surface area contributed by atoms with Gasteiger partial charge in [-0.2, -0.15) is 13.2 Å². The number of hydrogen-bond acceptors (Lipinski definition) is 2. The first-order valence-electron chi connectivity index (χ1n) is 5.67. The number of alkyl halides is 3. The molecule has 0 spiro atoms. The molecule has 0 fully saturated rings. The SMILES string of the molecule is O=C(NC(=O)C(F)(F)F)N1CCCc2ccccc21. The Hall–Kier alpha value is -2.05. The number of benzene rings is 1. The summed E-state index contributed by atoms with van der Waals surface area (Å²) in [6.07, 6.45) is -3.66. The first-order valence-corrected chi connectivity index (χ1v) is 5.67. The number of fused-ring (bicyclic) bond motifs is 1. The van der Waals surface area contributed by atoms with E-state index in [0.29, 0.717) is 12.1 Å². The monoisotopic (exact) mass is 272 g/mol. The largest absolute Gasteiger partial charge is 0.471 e. The second kappa shape index (κ2) is 4.91. The fraction of sp³-hybridized carbons (Fsp3) is 0.333. The molecule has 19 heavy (non-hydrogen) atoms. The van der Waals surface area contributed by atoms with Gasteiger partial charge in [-0.1, -0.05) is 18.2 Å². The van der Waals surface area contributed by atoms with E-state index in [9.17, 15) is 22.8 Å². The van der Waals surface area contributed by atoms with Crippen molar-refractivity contribution in [2.75, 3.05) is 11.4 Å². The van der Waals surface area contributed by atoms with E-state index in [4.69, 9.17) is 0 Å². The lowest BCUT2D eigenvalue weighted by Gasteiger charge is -2.29. The summed E-state index contributed by atoms with van der Waals surface area (Å²) < 4.78 is 36.3. The zero-order chi connectivity index (χ0) is 14.0. The Balaban J connectivity index is 2.16. The second-order valence-corrected chi connectivity index (χ2v) is 4.14. The Morgan fingerprint density at radius 3 is 2.58 bits per heavy atom. The zero-order valence-corrected chi connectivity index (χ0v) is 9.83. The van der Waals surface area contributed by atoms with Crippen LogP contribution in [-0.4, -0.2) is 24.7 Å². The van der Waals surface area contributed by atoms with Gasteiger partial charge in [-0.15, -0.1) is 0 Å². The topological polar surface area (TPSA) is 49.4 Å². The molecule has 7 heteroatoms. The molecule has 3 amide bonds. The van der Waals surface area contributed by atoms with Gasteiger partial charge in [0.15, 0.2) is 0 Å². The third kappa shape index (κ3) is 2.86. The van der Waals surface area contributed by atoms with Crippen molar-refractivity contribution in [2.45, 2.75) is 19.0 Å². The number of anilines is 1. The van der Waals surface area contributed by atoms with E-state index >= 15 is 0 Å². The molecule has 1 aromatic rings. The van der Waals surface area contributed by atoms with Crippen LogP contribution >= 0.6 is 0 Å². The summed E-state index contributed by atoms with van der Waals surface area (Å²) in [5.74, 6) is -2.25. The molecule has 2 rings (SSSR count). The molecule has 0 saturated carbocycles. The predicted molar refractivity (Wildman–Crippen MR) is 61.7 cm³/mol. The molecule has 1 N–H and O–H groups in total. The lowest BCUT2D eigenvalue weighted by atomic mass is 10.0. The molecule has 0 unspecified atom stereocenters. The molecule has 0 bridgehead atoms. The van der Waals surface area contributed by atoms with E-state index in [2.05, 4.69) is 0 Å². The average molecular weight is 272 g/mol. The Kier molecular flexibility index (Phi) is 3.46. The van der Waals surface area contributed by atoms with Crippen LogP contribution in [0.15, 0.2) is 24.3 Å². The first kappa shape index (κ1) is 13.4. The third-order valence-electron chi connectivity index (χ3n) is 2.83. The number of aryl methyl sites for hydroxylation is 1. The molecule has 102 valence electrons. The summed E-state index contributed by atoms with van der Waals surface area (Å²) in [7, 11) is 0. The number of imide groups is 1. The highest BCUT2D eigenvalue weighted by molar-refractivity contribution is 6.04. The van der Waals surface area contributed by atoms with Gasteiger partial charge in [-0.05, 0) is 24.5 Å². The van der Waals surface area contributed by atoms with Crippen LogP contribution in [0.1, 0.15) is 12.0 Å². The van der Waals surface area contributed by atoms with Gasteiger partial charge in [0.05, 0.1) is 0 Å². The summed E-state index contributed by atoms with van der Waals surface area (Å²) in [5.41, 5.74) is 1.42. The van der Waals surface area contributed by atoms with Gasteiger partial charge < -0.3 is 0 Å². The maximum atomic E-state index is 12.1. The standard InChI is InChI=1S/C12H11F3N2O2/c13-12(14,15)10(18)16-11(19)17-7-3-5-8-4-1-2-6-9(8)17/h1-2,4,6H,3,5,7H2,(H,16,18,19). The van der Waals surface area contributed by atoms with Crippen LogP contribution in [0.4, 0.5) is 23.7 Å². The van der Waals surface area contributed by atoms with Crippen molar-refractivity contribution in [3.05, 3.63) is 29.8 Å². The summed E-state index contributed by atoms with van der Waals surface area (Å²) in [4.78, 5) is 23.6. The summed E-state index contributed by atoms with van der Waals surface area (Å²) >= 11 is 0. The fourth-order valence-corrected chi connectivity index (χ4v) is 1.98. The second-order valence-electron chi connectivity index (χ2n) is 4.14. The molecule has 4 nitrogen and oxygen atoms in total. The summed E-state index contributed by atoms with van der Waals surface area (Å²) in [6.45, 7) is 0.286. The first-order chi connectivity index (χ1) is 8.89. The normalized spacial score (nSPS) is 14.8. The van der Waals surface area contributed by atoms with E-state index in [1.807, 2.05) is 0 Å². The minimum atomic E-state index is -5.06. The number of carbonyl (C=O) groups is 2. The smallest absolute Gasteiger partial charge is 0.294 e. The zero-order valence-electron chi connectivity index (χ0n) is 9.83. The van der Waals surface area contributed by atoms with Gasteiger partial charge in [0, 0.05) is 12.2 Å². The minimum Gasteiger partial charge on any atom is -0.294 e. The lowest BCUT2D eigenvalue weighted by molar-refractivity contribution is -0.172. The van der Waals surface area contributed by atoms with Crippen LogP contribution in [0.25, 0.3) is 0 Å². The predicted octanol–water partition coefficient (Wildman–Crippen LogP) is 2.24. The number of nitrogens with zero attached hydrogens (tertiary/aromatic N) is 1. The van der Waals surface area contributed by atoms with Crippen molar-refractivity contribution in [1.82, 2.24) is 5.32 Å². The van der Waals surface area contributed by atoms with Gasteiger partial charge in [0.2, 0.25) is 0 Å². The number of carbonyl (C=O) groups excluding carboxylic acids is 2. The van der Waals surface area contributed by atoms with E-state index in [1.54, 1.807) is 24.3 Å². The van der Waals surface area contributed by atoms with Crippen LogP contribution in [0, 0.1) is 0 Å². The van der Waals surface area contributed by atoms with Crippen molar-refractivity contribution in [1.29, 1.82) is 0 Å². The molecule has 0 atom stereocenters. The van der Waals surface area contributed by atoms with Crippen LogP contribution in [0.3, 0.4) is 0 Å². The van der Waals surface area contributed by atoms with Gasteiger partial charge in [0.1, 0.15) is 0 Å². The number of rotatable bonds is 0. The van der Waals surface area contributed by atoms with Gasteiger partial charge in [-0.3, -0.25) is 15.0 Å². The Morgan fingerprint density at radius 1 is 1.21 bits per heavy atom. The van der Waals surface area contributed by atoms with Crippen molar-refractivity contribution in [3.63, 3.8) is 0 Å². The number of nitrogens with one attached hydrogen (secondary N) is 1. The van der Waals surface area contributed by atoms with Gasteiger partial charge in [-0.25, -0.2) is 4.79 Å². The van der Waals surface area contributed by atoms with Crippen molar-refractivity contribution in [3.8, 4) is 0 Å². The molecule has 0 aromatic heterocycles. The van der Waals surface area contributed by atoms with Gasteiger partial charge >= 0.3 is 18.1 Å². The summed E-state index contributed by atoms with van der Waals surface area (Å²) in [6, 6.07) is 5.89. The Morgan fingerprint density at radius 2 is 1.89 bits per heavy atom. The molecule has 1 heterocycles. The fourth-order valence-electron chi connectivity index (χ4n) is 1.98. The Labute approximate surface area is 107 Å². The molecular weight excluding hydrogens is 261 g/mol. The van der Waals surface area contributed by atoms with Crippen LogP contribution in [0.2, 0.25) is 0 Å². The third-order valence-corrected chi connectivity index (χ3v) is 2.83. The van der Waals surface area contributed by atoms with E-state index in [1.165, 1.54) is 5.32 Å². The van der Waals surface area contributed by atoms with Gasteiger partial charge in [0.25, 0.3) is 0 Å². The lowest BCUT2D eigenvalue weighted by Crippen LogP contribution is -2.49. The van der Waals surface area contributed by atoms with Crippen molar-refractivity contribution < 1.29 is 22.8 Å². The van der Waals surface area contributed by atoms with Crippen LogP contribution in [0.5, 0.6) is 0 Å². The van der Waals surface area contributed by atoms with Crippen molar-refractivity contribution in [2.24, 2.45) is 0 Å². The quantitative estimate of drug-likeness (QED) is 0.787. The highest BCUT2D eigenvalue weighted by Crippen LogP contribution is 2.26.